The lowest BCUT2D eigenvalue weighted by Gasteiger charge is -2.15. The quantitative estimate of drug-likeness (QED) is 0.833. The highest BCUT2D eigenvalue weighted by atomic mass is 32.1. The first kappa shape index (κ1) is 12.1. The molecule has 0 aliphatic heterocycles. The third kappa shape index (κ3) is 1.63. The smallest absolute Gasteiger partial charge is 0.0391 e. The third-order valence-corrected chi connectivity index (χ3v) is 5.93. The van der Waals surface area contributed by atoms with E-state index in [0.717, 1.165) is 0 Å². The predicted molar refractivity (Wildman–Crippen MR) is 72.0 cm³/mol. The van der Waals surface area contributed by atoms with Gasteiger partial charge >= 0.3 is 0 Å². The topological polar surface area (TPSA) is 12.0 Å². The number of hydrogen-bond donors (Lipinski definition) is 1. The van der Waals surface area contributed by atoms with Crippen LogP contribution in [0, 0.1) is 17.8 Å². The molecule has 0 bridgehead atoms. The molecule has 1 aromatic rings. The molecule has 1 fully saturated rings. The molecule has 1 aliphatic rings. The van der Waals surface area contributed by atoms with E-state index in [1.807, 2.05) is 11.3 Å². The maximum atomic E-state index is 3.79. The summed E-state index contributed by atoms with van der Waals surface area (Å²) in [7, 11) is 0. The summed E-state index contributed by atoms with van der Waals surface area (Å²) in [6.45, 7) is 13.9. The molecule has 2 rings (SSSR count). The summed E-state index contributed by atoms with van der Waals surface area (Å²) < 4.78 is 0. The van der Waals surface area contributed by atoms with Gasteiger partial charge in [-0.05, 0) is 41.7 Å². The SMILES string of the molecule is Cc1ccsc1C(C)NC1C(C)(C)C1(C)C. The molecular formula is C14H23NS. The largest absolute Gasteiger partial charge is 0.306 e. The molecule has 1 nitrogen and oxygen atoms in total. The lowest BCUT2D eigenvalue weighted by molar-refractivity contribution is 0.457. The van der Waals surface area contributed by atoms with Crippen molar-refractivity contribution in [2.24, 2.45) is 10.8 Å². The summed E-state index contributed by atoms with van der Waals surface area (Å²) in [4.78, 5) is 1.48. The van der Waals surface area contributed by atoms with E-state index < -0.39 is 0 Å². The number of thiophene rings is 1. The number of rotatable bonds is 3. The van der Waals surface area contributed by atoms with Crippen LogP contribution in [-0.2, 0) is 0 Å². The molecule has 1 saturated carbocycles. The van der Waals surface area contributed by atoms with Crippen molar-refractivity contribution in [1.29, 1.82) is 0 Å². The van der Waals surface area contributed by atoms with Crippen molar-refractivity contribution in [2.45, 2.75) is 53.6 Å². The Morgan fingerprint density at radius 1 is 1.25 bits per heavy atom. The molecule has 0 amide bonds. The fraction of sp³-hybridized carbons (Fsp3) is 0.714. The van der Waals surface area contributed by atoms with E-state index in [9.17, 15) is 0 Å². The highest BCUT2D eigenvalue weighted by Gasteiger charge is 2.64. The van der Waals surface area contributed by atoms with Crippen molar-refractivity contribution in [1.82, 2.24) is 5.32 Å². The maximum absolute atomic E-state index is 3.79. The van der Waals surface area contributed by atoms with Gasteiger partial charge in [0.15, 0.2) is 0 Å². The molecule has 1 heterocycles. The minimum Gasteiger partial charge on any atom is -0.306 e. The van der Waals surface area contributed by atoms with E-state index in [4.69, 9.17) is 0 Å². The van der Waals surface area contributed by atoms with Crippen molar-refractivity contribution >= 4 is 11.3 Å². The fourth-order valence-electron chi connectivity index (χ4n) is 2.77. The lowest BCUT2D eigenvalue weighted by Crippen LogP contribution is -2.25. The first-order chi connectivity index (χ1) is 7.28. The zero-order chi connectivity index (χ0) is 12.1. The predicted octanol–water partition coefficient (Wildman–Crippen LogP) is 4.14. The van der Waals surface area contributed by atoms with Gasteiger partial charge in [0.1, 0.15) is 0 Å². The van der Waals surface area contributed by atoms with E-state index in [2.05, 4.69) is 58.3 Å². The Kier molecular flexibility index (Phi) is 2.71. The second-order valence-electron chi connectivity index (χ2n) is 6.23. The van der Waals surface area contributed by atoms with E-state index in [1.54, 1.807) is 0 Å². The van der Waals surface area contributed by atoms with Crippen LogP contribution in [-0.4, -0.2) is 6.04 Å². The average Bonchev–Trinajstić information content (AvgIpc) is 2.57. The minimum absolute atomic E-state index is 0.423. The third-order valence-electron chi connectivity index (χ3n) is 4.73. The summed E-state index contributed by atoms with van der Waals surface area (Å²) in [5.41, 5.74) is 2.26. The molecule has 0 spiro atoms. The van der Waals surface area contributed by atoms with Gasteiger partial charge < -0.3 is 5.32 Å². The molecule has 2 heteroatoms. The minimum atomic E-state index is 0.423. The van der Waals surface area contributed by atoms with E-state index in [-0.39, 0.29) is 0 Å². The van der Waals surface area contributed by atoms with E-state index >= 15 is 0 Å². The summed E-state index contributed by atoms with van der Waals surface area (Å²) in [5, 5.41) is 5.97. The zero-order valence-electron chi connectivity index (χ0n) is 11.2. The summed E-state index contributed by atoms with van der Waals surface area (Å²) >= 11 is 1.87. The van der Waals surface area contributed by atoms with Crippen LogP contribution < -0.4 is 5.32 Å². The van der Waals surface area contributed by atoms with E-state index in [0.29, 0.717) is 22.9 Å². The number of aryl methyl sites for hydroxylation is 1. The summed E-state index contributed by atoms with van der Waals surface area (Å²) in [6.07, 6.45) is 0. The molecule has 16 heavy (non-hydrogen) atoms. The van der Waals surface area contributed by atoms with Gasteiger partial charge in [-0.15, -0.1) is 11.3 Å². The summed E-state index contributed by atoms with van der Waals surface area (Å²) in [5.74, 6) is 0. The van der Waals surface area contributed by atoms with Gasteiger partial charge in [0.25, 0.3) is 0 Å². The number of hydrogen-bond acceptors (Lipinski definition) is 2. The van der Waals surface area contributed by atoms with Crippen molar-refractivity contribution in [3.05, 3.63) is 21.9 Å². The van der Waals surface area contributed by atoms with Gasteiger partial charge in [0, 0.05) is 17.0 Å². The Morgan fingerprint density at radius 2 is 1.81 bits per heavy atom. The maximum Gasteiger partial charge on any atom is 0.0391 e. The average molecular weight is 237 g/mol. The van der Waals surface area contributed by atoms with Crippen LogP contribution in [0.5, 0.6) is 0 Å². The Bertz CT molecular complexity index is 375. The Balaban J connectivity index is 2.06. The molecule has 0 radical (unpaired) electrons. The van der Waals surface area contributed by atoms with Gasteiger partial charge in [-0.2, -0.15) is 0 Å². The molecule has 0 aromatic carbocycles. The van der Waals surface area contributed by atoms with Crippen LogP contribution in [0.2, 0.25) is 0 Å². The zero-order valence-corrected chi connectivity index (χ0v) is 12.0. The van der Waals surface area contributed by atoms with Crippen LogP contribution in [0.4, 0.5) is 0 Å². The molecule has 1 atom stereocenters. The second kappa shape index (κ2) is 3.58. The van der Waals surface area contributed by atoms with Crippen molar-refractivity contribution in [2.75, 3.05) is 0 Å². The molecule has 1 aliphatic carbocycles. The molecule has 1 unspecified atom stereocenters. The molecule has 0 saturated heterocycles. The highest BCUT2D eigenvalue weighted by Crippen LogP contribution is 2.63. The number of nitrogens with one attached hydrogen (secondary N) is 1. The Labute approximate surface area is 103 Å². The normalized spacial score (nSPS) is 24.4. The second-order valence-corrected chi connectivity index (χ2v) is 7.18. The highest BCUT2D eigenvalue weighted by molar-refractivity contribution is 7.10. The van der Waals surface area contributed by atoms with Crippen LogP contribution in [0.15, 0.2) is 11.4 Å². The van der Waals surface area contributed by atoms with Crippen molar-refractivity contribution < 1.29 is 0 Å². The van der Waals surface area contributed by atoms with E-state index in [1.165, 1.54) is 10.4 Å². The Morgan fingerprint density at radius 3 is 2.19 bits per heavy atom. The van der Waals surface area contributed by atoms with Crippen LogP contribution >= 0.6 is 11.3 Å². The monoisotopic (exact) mass is 237 g/mol. The lowest BCUT2D eigenvalue weighted by atomic mass is 10.0. The van der Waals surface area contributed by atoms with Crippen LogP contribution in [0.1, 0.15) is 51.1 Å². The van der Waals surface area contributed by atoms with Crippen molar-refractivity contribution in [3.8, 4) is 0 Å². The first-order valence-corrected chi connectivity index (χ1v) is 6.96. The van der Waals surface area contributed by atoms with Crippen LogP contribution in [0.3, 0.4) is 0 Å². The van der Waals surface area contributed by atoms with Crippen LogP contribution in [0.25, 0.3) is 0 Å². The molecule has 1 aromatic heterocycles. The van der Waals surface area contributed by atoms with Gasteiger partial charge in [-0.1, -0.05) is 27.7 Å². The standard InChI is InChI=1S/C14H23NS/c1-9-7-8-16-11(9)10(2)15-12-13(3,4)14(12,5)6/h7-8,10,12,15H,1-6H3. The molecular weight excluding hydrogens is 214 g/mol. The summed E-state index contributed by atoms with van der Waals surface area (Å²) in [6, 6.07) is 3.32. The first-order valence-electron chi connectivity index (χ1n) is 6.08. The Hall–Kier alpha value is -0.340. The van der Waals surface area contributed by atoms with Gasteiger partial charge in [-0.25, -0.2) is 0 Å². The van der Waals surface area contributed by atoms with Gasteiger partial charge in [0.05, 0.1) is 0 Å². The van der Waals surface area contributed by atoms with Gasteiger partial charge in [-0.3, -0.25) is 0 Å². The van der Waals surface area contributed by atoms with Gasteiger partial charge in [0.2, 0.25) is 0 Å². The molecule has 1 N–H and O–H groups in total. The molecule has 90 valence electrons. The fourth-order valence-corrected chi connectivity index (χ4v) is 3.71. The van der Waals surface area contributed by atoms with Crippen molar-refractivity contribution in [3.63, 3.8) is 0 Å².